The van der Waals surface area contributed by atoms with Gasteiger partial charge in [-0.25, -0.2) is 24.3 Å². The SMILES string of the molecule is Nc1cc(Nc2ncc(F)c3nc(N)sc23)ncn1. The smallest absolute Gasteiger partial charge is 0.181 e. The predicted octanol–water partition coefficient (Wildman–Crippen LogP) is 1.53. The fourth-order valence-electron chi connectivity index (χ4n) is 1.55. The lowest BCUT2D eigenvalue weighted by molar-refractivity contribution is 0.632. The third kappa shape index (κ3) is 2.10. The summed E-state index contributed by atoms with van der Waals surface area (Å²) < 4.78 is 14.1. The second kappa shape index (κ2) is 4.28. The Morgan fingerprint density at radius 3 is 2.84 bits per heavy atom. The zero-order chi connectivity index (χ0) is 13.4. The number of thiazole rings is 1. The number of aromatic nitrogens is 4. The Balaban J connectivity index is 2.08. The quantitative estimate of drug-likeness (QED) is 0.650. The molecule has 7 nitrogen and oxygen atoms in total. The van der Waals surface area contributed by atoms with Crippen molar-refractivity contribution >= 4 is 44.1 Å². The topological polar surface area (TPSA) is 116 Å². The van der Waals surface area contributed by atoms with Gasteiger partial charge < -0.3 is 16.8 Å². The minimum atomic E-state index is -0.518. The van der Waals surface area contributed by atoms with Gasteiger partial charge in [-0.15, -0.1) is 0 Å². The molecular weight excluding hydrogens is 269 g/mol. The van der Waals surface area contributed by atoms with E-state index < -0.39 is 5.82 Å². The molecule has 0 aliphatic heterocycles. The van der Waals surface area contributed by atoms with E-state index in [0.29, 0.717) is 22.2 Å². The van der Waals surface area contributed by atoms with Crippen LogP contribution in [0.15, 0.2) is 18.6 Å². The van der Waals surface area contributed by atoms with Crippen molar-refractivity contribution in [3.8, 4) is 0 Å². The van der Waals surface area contributed by atoms with E-state index in [1.807, 2.05) is 0 Å². The highest BCUT2D eigenvalue weighted by atomic mass is 32.1. The van der Waals surface area contributed by atoms with E-state index in [1.165, 1.54) is 6.33 Å². The second-order valence-corrected chi connectivity index (χ2v) is 4.67. The molecule has 5 N–H and O–H groups in total. The van der Waals surface area contributed by atoms with Crippen molar-refractivity contribution in [2.24, 2.45) is 0 Å². The lowest BCUT2D eigenvalue weighted by atomic mass is 10.4. The third-order valence-corrected chi connectivity index (χ3v) is 3.22. The maximum atomic E-state index is 13.5. The second-order valence-electron chi connectivity index (χ2n) is 3.64. The molecule has 0 amide bonds. The van der Waals surface area contributed by atoms with Crippen molar-refractivity contribution in [2.45, 2.75) is 0 Å². The van der Waals surface area contributed by atoms with Gasteiger partial charge in [-0.2, -0.15) is 0 Å². The summed E-state index contributed by atoms with van der Waals surface area (Å²) in [5, 5.41) is 3.20. The molecule has 3 heterocycles. The first-order valence-electron chi connectivity index (χ1n) is 5.18. The average molecular weight is 277 g/mol. The Morgan fingerprint density at radius 2 is 2.05 bits per heavy atom. The van der Waals surface area contributed by atoms with E-state index in [1.54, 1.807) is 6.07 Å². The van der Waals surface area contributed by atoms with Crippen molar-refractivity contribution in [2.75, 3.05) is 16.8 Å². The summed E-state index contributed by atoms with van der Waals surface area (Å²) >= 11 is 1.14. The molecule has 3 aromatic rings. The Bertz CT molecular complexity index is 757. The van der Waals surface area contributed by atoms with Gasteiger partial charge in [0.15, 0.2) is 16.8 Å². The Hall–Kier alpha value is -2.55. The summed E-state index contributed by atoms with van der Waals surface area (Å²) in [4.78, 5) is 15.7. The molecular formula is C10H8FN7S. The number of pyridine rings is 1. The minimum Gasteiger partial charge on any atom is -0.384 e. The monoisotopic (exact) mass is 277 g/mol. The number of anilines is 4. The van der Waals surface area contributed by atoms with Crippen LogP contribution in [-0.2, 0) is 0 Å². The first-order chi connectivity index (χ1) is 9.13. The first kappa shape index (κ1) is 11.5. The van der Waals surface area contributed by atoms with Gasteiger partial charge in [0.2, 0.25) is 0 Å². The fourth-order valence-corrected chi connectivity index (χ4v) is 2.34. The Labute approximate surface area is 110 Å². The highest BCUT2D eigenvalue weighted by Crippen LogP contribution is 2.32. The van der Waals surface area contributed by atoms with Crippen molar-refractivity contribution in [3.63, 3.8) is 0 Å². The number of fused-ring (bicyclic) bond motifs is 1. The van der Waals surface area contributed by atoms with Crippen LogP contribution in [0.4, 0.5) is 27.0 Å². The zero-order valence-corrected chi connectivity index (χ0v) is 10.3. The van der Waals surface area contributed by atoms with Crippen molar-refractivity contribution in [1.29, 1.82) is 0 Å². The molecule has 0 radical (unpaired) electrons. The summed E-state index contributed by atoms with van der Waals surface area (Å²) in [6, 6.07) is 1.54. The van der Waals surface area contributed by atoms with Crippen molar-refractivity contribution in [1.82, 2.24) is 19.9 Å². The Kier molecular flexibility index (Phi) is 2.60. The van der Waals surface area contributed by atoms with E-state index in [2.05, 4.69) is 25.3 Å². The molecule has 0 saturated heterocycles. The molecule has 0 atom stereocenters. The molecule has 0 unspecified atom stereocenters. The molecule has 19 heavy (non-hydrogen) atoms. The Morgan fingerprint density at radius 1 is 1.21 bits per heavy atom. The van der Waals surface area contributed by atoms with Crippen molar-refractivity contribution < 1.29 is 4.39 Å². The first-order valence-corrected chi connectivity index (χ1v) is 6.00. The molecule has 0 saturated carbocycles. The van der Waals surface area contributed by atoms with Crippen LogP contribution < -0.4 is 16.8 Å². The van der Waals surface area contributed by atoms with Crippen LogP contribution in [-0.4, -0.2) is 19.9 Å². The summed E-state index contributed by atoms with van der Waals surface area (Å²) in [6.07, 6.45) is 2.40. The zero-order valence-electron chi connectivity index (χ0n) is 9.46. The van der Waals surface area contributed by atoms with Crippen LogP contribution >= 0.6 is 11.3 Å². The number of nitrogen functional groups attached to an aromatic ring is 2. The van der Waals surface area contributed by atoms with E-state index in [0.717, 1.165) is 17.5 Å². The number of nitrogens with zero attached hydrogens (tertiary/aromatic N) is 4. The number of hydrogen-bond donors (Lipinski definition) is 3. The van der Waals surface area contributed by atoms with Crippen LogP contribution in [0.1, 0.15) is 0 Å². The molecule has 0 aliphatic carbocycles. The maximum absolute atomic E-state index is 13.5. The normalized spacial score (nSPS) is 10.8. The van der Waals surface area contributed by atoms with Crippen LogP contribution in [0, 0.1) is 5.82 Å². The summed E-state index contributed by atoms with van der Waals surface area (Å²) in [7, 11) is 0. The van der Waals surface area contributed by atoms with Crippen LogP contribution in [0.3, 0.4) is 0 Å². The summed E-state index contributed by atoms with van der Waals surface area (Å²) in [6.45, 7) is 0. The highest BCUT2D eigenvalue weighted by molar-refractivity contribution is 7.22. The van der Waals surface area contributed by atoms with Gasteiger partial charge in [0.25, 0.3) is 0 Å². The van der Waals surface area contributed by atoms with E-state index in [9.17, 15) is 4.39 Å². The number of hydrogen-bond acceptors (Lipinski definition) is 8. The summed E-state index contributed by atoms with van der Waals surface area (Å²) in [5.41, 5.74) is 11.3. The highest BCUT2D eigenvalue weighted by Gasteiger charge is 2.13. The lowest BCUT2D eigenvalue weighted by Gasteiger charge is -2.05. The average Bonchev–Trinajstić information content (AvgIpc) is 2.76. The molecule has 3 aromatic heterocycles. The standard InChI is InChI=1S/C10H8FN7S/c11-4-2-14-9(8-7(4)18-10(13)19-8)17-6-1-5(12)15-3-16-6/h1-3H,(H2,13,18)(H3,12,14,15,16,17). The molecule has 0 aromatic carbocycles. The van der Waals surface area contributed by atoms with Gasteiger partial charge in [-0.05, 0) is 0 Å². The van der Waals surface area contributed by atoms with Crippen LogP contribution in [0.2, 0.25) is 0 Å². The lowest BCUT2D eigenvalue weighted by Crippen LogP contribution is -1.99. The van der Waals surface area contributed by atoms with E-state index >= 15 is 0 Å². The molecule has 9 heteroatoms. The number of rotatable bonds is 2. The molecule has 0 bridgehead atoms. The van der Waals surface area contributed by atoms with Crippen LogP contribution in [0.5, 0.6) is 0 Å². The molecule has 0 spiro atoms. The van der Waals surface area contributed by atoms with Gasteiger partial charge in [0, 0.05) is 6.07 Å². The van der Waals surface area contributed by atoms with E-state index in [4.69, 9.17) is 11.5 Å². The number of nitrogens with one attached hydrogen (secondary N) is 1. The minimum absolute atomic E-state index is 0.182. The fraction of sp³-hybridized carbons (Fsp3) is 0. The molecule has 0 fully saturated rings. The molecule has 0 aliphatic rings. The summed E-state index contributed by atoms with van der Waals surface area (Å²) in [5.74, 6) is 0.680. The van der Waals surface area contributed by atoms with E-state index in [-0.39, 0.29) is 10.6 Å². The third-order valence-electron chi connectivity index (χ3n) is 2.33. The predicted molar refractivity (Wildman–Crippen MR) is 71.5 cm³/mol. The van der Waals surface area contributed by atoms with Gasteiger partial charge in [0.1, 0.15) is 28.2 Å². The van der Waals surface area contributed by atoms with Gasteiger partial charge in [-0.1, -0.05) is 11.3 Å². The van der Waals surface area contributed by atoms with Gasteiger partial charge in [-0.3, -0.25) is 0 Å². The van der Waals surface area contributed by atoms with Gasteiger partial charge >= 0.3 is 0 Å². The van der Waals surface area contributed by atoms with Crippen molar-refractivity contribution in [3.05, 3.63) is 24.4 Å². The number of nitrogens with two attached hydrogens (primary N) is 2. The molecule has 3 rings (SSSR count). The maximum Gasteiger partial charge on any atom is 0.181 e. The largest absolute Gasteiger partial charge is 0.384 e. The van der Waals surface area contributed by atoms with Crippen LogP contribution in [0.25, 0.3) is 10.2 Å². The van der Waals surface area contributed by atoms with Gasteiger partial charge in [0.05, 0.1) is 6.20 Å². The molecule has 96 valence electrons. The number of halogens is 1.